The third kappa shape index (κ3) is 13.9. The Hall–Kier alpha value is -7.82. The number of fused-ring (bicyclic) bond motifs is 2. The van der Waals surface area contributed by atoms with Gasteiger partial charge < -0.3 is 44.3 Å². The number of methoxy groups -OCH3 is 2. The summed E-state index contributed by atoms with van der Waals surface area (Å²) in [6, 6.07) is 41.8. The van der Waals surface area contributed by atoms with E-state index in [4.69, 9.17) is 24.7 Å². The molecule has 2 N–H and O–H groups in total. The molecular weight excluding hydrogens is 1090 g/mol. The first kappa shape index (κ1) is 62.7. The predicted molar refractivity (Wildman–Crippen MR) is 332 cm³/mol. The van der Waals surface area contributed by atoms with Gasteiger partial charge in [-0.25, -0.2) is 8.78 Å². The van der Waals surface area contributed by atoms with Crippen LogP contribution in [0.25, 0.3) is 0 Å². The standard InChI is InChI=1S/C42H48FN3O4.C28H36FN3O4/c1-5-45(37-22-13-12-21-34(37)32-19-14-20-33(25-32)49-4)40(47)35-26-38-39(27-36(35)43)50-42(2,3)41(48)46(38)24-23-44(28-30-15-8-6-9-16-30)29-31-17-10-7-11-18-31;1-5-31(23-12-7-6-11-20(23)18-9-8-10-19(15-18)35-4)26(33)21-16-24-25(17-22(21)29)36-28(2,3)27(34)32(24)14-13-30/h6-11,14-20,25-27,34,37H,5,12-13,21-24,28-29H2,1-4H3;8-10,15-17,20,23H,5-7,11-14,30H2,1-4H3/t34-,37?;20-,23?/m11/s1. The lowest BCUT2D eigenvalue weighted by Gasteiger charge is -2.41. The zero-order chi connectivity index (χ0) is 61.3. The van der Waals surface area contributed by atoms with E-state index in [0.29, 0.717) is 50.6 Å². The van der Waals surface area contributed by atoms with E-state index in [-0.39, 0.29) is 83.3 Å². The number of amides is 4. The molecule has 0 aromatic heterocycles. The summed E-state index contributed by atoms with van der Waals surface area (Å²) in [5.74, 6) is -0.306. The highest BCUT2D eigenvalue weighted by Crippen LogP contribution is 2.44. The van der Waals surface area contributed by atoms with Crippen molar-refractivity contribution in [2.45, 2.75) is 141 Å². The van der Waals surface area contributed by atoms with E-state index in [9.17, 15) is 19.2 Å². The smallest absolute Gasteiger partial charge is 0.270 e. The van der Waals surface area contributed by atoms with Gasteiger partial charge in [-0.3, -0.25) is 24.1 Å². The molecule has 6 aromatic carbocycles. The number of carbonyl (C=O) groups excluding carboxylic acids is 4. The van der Waals surface area contributed by atoms with Crippen LogP contribution < -0.4 is 34.5 Å². The molecule has 10 rings (SSSR count). The molecule has 0 spiro atoms. The molecule has 0 radical (unpaired) electrons. The van der Waals surface area contributed by atoms with Gasteiger partial charge >= 0.3 is 0 Å². The Kier molecular flexibility index (Phi) is 20.2. The third-order valence-corrected chi connectivity index (χ3v) is 17.4. The fourth-order valence-corrected chi connectivity index (χ4v) is 13.1. The summed E-state index contributed by atoms with van der Waals surface area (Å²) in [5.41, 5.74) is 8.66. The Morgan fingerprint density at radius 2 is 0.977 bits per heavy atom. The molecule has 4 atom stereocenters. The molecule has 14 nitrogen and oxygen atoms in total. The molecule has 456 valence electrons. The molecule has 6 aromatic rings. The number of nitrogens with zero attached hydrogens (tertiary/aromatic N) is 5. The van der Waals surface area contributed by atoms with Gasteiger partial charge in [0.2, 0.25) is 0 Å². The van der Waals surface area contributed by atoms with E-state index in [1.165, 1.54) is 40.3 Å². The lowest BCUT2D eigenvalue weighted by atomic mass is 9.79. The molecule has 2 aliphatic heterocycles. The van der Waals surface area contributed by atoms with Crippen molar-refractivity contribution >= 4 is 35.0 Å². The van der Waals surface area contributed by atoms with Crippen LogP contribution in [0, 0.1) is 11.6 Å². The highest BCUT2D eigenvalue weighted by molar-refractivity contribution is 6.05. The minimum Gasteiger partial charge on any atom is -0.497 e. The van der Waals surface area contributed by atoms with Gasteiger partial charge in [0.25, 0.3) is 23.6 Å². The first-order valence-electron chi connectivity index (χ1n) is 30.5. The van der Waals surface area contributed by atoms with Crippen molar-refractivity contribution < 1.29 is 46.9 Å². The first-order valence-corrected chi connectivity index (χ1v) is 30.5. The molecule has 2 fully saturated rings. The van der Waals surface area contributed by atoms with Gasteiger partial charge in [-0.05, 0) is 126 Å². The molecule has 2 saturated carbocycles. The number of likely N-dealkylation sites (N-methyl/N-ethyl adjacent to an activating group) is 2. The fourth-order valence-electron chi connectivity index (χ4n) is 13.1. The second-order valence-electron chi connectivity index (χ2n) is 23.9. The molecule has 86 heavy (non-hydrogen) atoms. The van der Waals surface area contributed by atoms with Crippen LogP contribution in [0.3, 0.4) is 0 Å². The van der Waals surface area contributed by atoms with Crippen molar-refractivity contribution in [3.05, 3.63) is 178 Å². The monoisotopic (exact) mass is 1170 g/mol. The average Bonchev–Trinajstić information content (AvgIpc) is 0.979. The van der Waals surface area contributed by atoms with Crippen molar-refractivity contribution in [1.29, 1.82) is 0 Å². The summed E-state index contributed by atoms with van der Waals surface area (Å²) in [7, 11) is 3.29. The van der Waals surface area contributed by atoms with Gasteiger partial charge in [-0.1, -0.05) is 111 Å². The third-order valence-electron chi connectivity index (χ3n) is 17.4. The second kappa shape index (κ2) is 27.7. The summed E-state index contributed by atoms with van der Waals surface area (Å²) >= 11 is 0. The van der Waals surface area contributed by atoms with Crippen LogP contribution in [0.15, 0.2) is 133 Å². The Labute approximate surface area is 506 Å². The fraction of sp³-hybridized carbons (Fsp3) is 0.429. The maximum absolute atomic E-state index is 16.0. The van der Waals surface area contributed by atoms with Crippen molar-refractivity contribution in [1.82, 2.24) is 14.7 Å². The van der Waals surface area contributed by atoms with Crippen LogP contribution in [0.1, 0.15) is 148 Å². The molecule has 4 aliphatic rings. The lowest BCUT2D eigenvalue weighted by Crippen LogP contribution is -2.54. The summed E-state index contributed by atoms with van der Waals surface area (Å²) in [5, 5.41) is 0. The Bertz CT molecular complexity index is 3300. The van der Waals surface area contributed by atoms with Crippen LogP contribution in [0.2, 0.25) is 0 Å². The first-order chi connectivity index (χ1) is 41.4. The highest BCUT2D eigenvalue weighted by atomic mass is 19.1. The number of carbonyl (C=O) groups is 4. The normalized spacial score (nSPS) is 19.4. The molecule has 4 amide bonds. The van der Waals surface area contributed by atoms with Crippen molar-refractivity contribution in [3.8, 4) is 23.0 Å². The van der Waals surface area contributed by atoms with E-state index in [1.807, 2.05) is 91.5 Å². The SMILES string of the molecule is CCN(C(=O)c1cc2c(cc1F)OC(C)(C)C(=O)N2CCN(Cc1ccccc1)Cc1ccccc1)C1CCCC[C@@H]1c1cccc(OC)c1.CCN(C(=O)c1cc2c(cc1F)OC(C)(C)C(=O)N2CCN)C1CCCC[C@@H]1c1cccc(OC)c1. The van der Waals surface area contributed by atoms with Crippen LogP contribution in [-0.2, 0) is 22.7 Å². The molecule has 0 bridgehead atoms. The number of hydrogen-bond acceptors (Lipinski definition) is 10. The van der Waals surface area contributed by atoms with Gasteiger partial charge in [0.15, 0.2) is 11.2 Å². The Morgan fingerprint density at radius 3 is 1.37 bits per heavy atom. The molecule has 16 heteroatoms. The zero-order valence-corrected chi connectivity index (χ0v) is 51.2. The van der Waals surface area contributed by atoms with Crippen LogP contribution in [0.5, 0.6) is 23.0 Å². The predicted octanol–water partition coefficient (Wildman–Crippen LogP) is 12.7. The Balaban J connectivity index is 0.000000217. The van der Waals surface area contributed by atoms with E-state index in [1.54, 1.807) is 51.7 Å². The Morgan fingerprint density at radius 1 is 0.570 bits per heavy atom. The van der Waals surface area contributed by atoms with Gasteiger partial charge in [-0.2, -0.15) is 0 Å². The molecule has 2 heterocycles. The van der Waals surface area contributed by atoms with Crippen molar-refractivity contribution in [3.63, 3.8) is 0 Å². The zero-order valence-electron chi connectivity index (χ0n) is 51.2. The molecular formula is C70H84F2N6O8. The molecule has 2 unspecified atom stereocenters. The summed E-state index contributed by atoms with van der Waals surface area (Å²) in [6.07, 6.45) is 7.67. The maximum Gasteiger partial charge on any atom is 0.270 e. The molecule has 0 saturated heterocycles. The van der Waals surface area contributed by atoms with E-state index >= 15 is 8.78 Å². The van der Waals surface area contributed by atoms with Crippen molar-refractivity contribution in [2.24, 2.45) is 5.73 Å². The van der Waals surface area contributed by atoms with Gasteiger partial charge in [-0.15, -0.1) is 0 Å². The number of ether oxygens (including phenoxy) is 4. The minimum atomic E-state index is -1.20. The van der Waals surface area contributed by atoms with Crippen LogP contribution in [-0.4, -0.2) is 115 Å². The van der Waals surface area contributed by atoms with E-state index in [2.05, 4.69) is 41.3 Å². The second-order valence-corrected chi connectivity index (χ2v) is 23.9. The number of benzene rings is 6. The number of anilines is 2. The number of hydrogen-bond donors (Lipinski definition) is 1. The number of rotatable bonds is 19. The molecule has 2 aliphatic carbocycles. The summed E-state index contributed by atoms with van der Waals surface area (Å²) in [6.45, 7) is 14.2. The lowest BCUT2D eigenvalue weighted by molar-refractivity contribution is -0.133. The van der Waals surface area contributed by atoms with Crippen LogP contribution >= 0.6 is 0 Å². The topological polar surface area (TPSA) is 147 Å². The average molecular weight is 1180 g/mol. The van der Waals surface area contributed by atoms with Gasteiger partial charge in [0.1, 0.15) is 34.6 Å². The maximum atomic E-state index is 16.0. The van der Waals surface area contributed by atoms with Gasteiger partial charge in [0, 0.05) is 88.4 Å². The van der Waals surface area contributed by atoms with E-state index in [0.717, 1.165) is 74.0 Å². The quantitative estimate of drug-likeness (QED) is 0.0831. The van der Waals surface area contributed by atoms with Crippen molar-refractivity contribution in [2.75, 3.05) is 63.3 Å². The van der Waals surface area contributed by atoms with E-state index < -0.39 is 22.8 Å². The minimum absolute atomic E-state index is 0.0490. The van der Waals surface area contributed by atoms with Crippen LogP contribution in [0.4, 0.5) is 20.2 Å². The summed E-state index contributed by atoms with van der Waals surface area (Å²) < 4.78 is 54.3. The number of nitrogens with two attached hydrogens (primary N) is 1. The largest absolute Gasteiger partial charge is 0.497 e. The number of halogens is 2. The van der Waals surface area contributed by atoms with Gasteiger partial charge in [0.05, 0.1) is 36.7 Å². The summed E-state index contributed by atoms with van der Waals surface area (Å²) in [4.78, 5) is 64.3. The highest BCUT2D eigenvalue weighted by Gasteiger charge is 2.45.